The second-order valence-corrected chi connectivity index (χ2v) is 4.72. The number of Topliss-reactive ketones (excluding diaryl/α,β-unsaturated/α-hetero) is 1. The number of carbonyl (C=O) groups is 1. The molecule has 0 saturated carbocycles. The Kier molecular flexibility index (Phi) is 3.77. The Morgan fingerprint density at radius 2 is 2.00 bits per heavy atom. The molecule has 0 amide bonds. The predicted octanol–water partition coefficient (Wildman–Crippen LogP) is 1.40. The van der Waals surface area contributed by atoms with Crippen LogP contribution in [0.2, 0.25) is 0 Å². The molecule has 86 valence electrons. The van der Waals surface area contributed by atoms with E-state index in [1.165, 1.54) is 6.21 Å². The Hall–Kier alpha value is -1.71. The number of ketones is 1. The molecule has 0 unspecified atom stereocenters. The van der Waals surface area contributed by atoms with E-state index in [2.05, 4.69) is 5.16 Å². The summed E-state index contributed by atoms with van der Waals surface area (Å²) in [6, 6.07) is 3.57. The Bertz CT molecular complexity index is 388. The van der Waals surface area contributed by atoms with Gasteiger partial charge in [-0.3, -0.25) is 4.79 Å². The zero-order valence-electron chi connectivity index (χ0n) is 9.84. The predicted molar refractivity (Wildman–Crippen MR) is 60.5 cm³/mol. The van der Waals surface area contributed by atoms with Crippen LogP contribution in [0.3, 0.4) is 0 Å². The van der Waals surface area contributed by atoms with Crippen LogP contribution in [0.15, 0.2) is 29.7 Å². The maximum absolute atomic E-state index is 11.8. The quantitative estimate of drug-likeness (QED) is 0.363. The Balaban J connectivity index is 2.73. The number of nitrogens with zero attached hydrogens (tertiary/aromatic N) is 2. The van der Waals surface area contributed by atoms with Gasteiger partial charge in [-0.1, -0.05) is 25.9 Å². The fourth-order valence-electron chi connectivity index (χ4n) is 1.13. The average Bonchev–Trinajstić information content (AvgIpc) is 2.20. The first-order valence-corrected chi connectivity index (χ1v) is 5.13. The first-order valence-electron chi connectivity index (χ1n) is 5.13. The Labute approximate surface area is 95.2 Å². The van der Waals surface area contributed by atoms with Crippen LogP contribution in [0, 0.1) is 5.41 Å². The van der Waals surface area contributed by atoms with Crippen molar-refractivity contribution >= 4 is 12.0 Å². The highest BCUT2D eigenvalue weighted by Gasteiger charge is 2.24. The highest BCUT2D eigenvalue weighted by molar-refractivity contribution is 5.82. The zero-order valence-corrected chi connectivity index (χ0v) is 9.84. The van der Waals surface area contributed by atoms with Crippen molar-refractivity contribution in [2.24, 2.45) is 10.6 Å². The van der Waals surface area contributed by atoms with E-state index in [9.17, 15) is 4.79 Å². The minimum Gasteiger partial charge on any atom is -0.411 e. The molecule has 4 nitrogen and oxygen atoms in total. The van der Waals surface area contributed by atoms with E-state index >= 15 is 0 Å². The van der Waals surface area contributed by atoms with E-state index in [-0.39, 0.29) is 11.2 Å². The van der Waals surface area contributed by atoms with Gasteiger partial charge in [0.2, 0.25) is 12.3 Å². The molecule has 0 bridgehead atoms. The van der Waals surface area contributed by atoms with Crippen LogP contribution in [-0.4, -0.2) is 17.2 Å². The number of rotatable bonds is 3. The van der Waals surface area contributed by atoms with Crippen molar-refractivity contribution in [1.82, 2.24) is 0 Å². The van der Waals surface area contributed by atoms with Crippen LogP contribution >= 0.6 is 0 Å². The molecule has 1 rings (SSSR count). The molecule has 1 aromatic heterocycles. The van der Waals surface area contributed by atoms with E-state index in [1.54, 1.807) is 24.5 Å². The van der Waals surface area contributed by atoms with Crippen LogP contribution in [0.5, 0.6) is 0 Å². The number of hydrogen-bond acceptors (Lipinski definition) is 3. The highest BCUT2D eigenvalue weighted by atomic mass is 16.4. The molecule has 0 saturated heterocycles. The molecule has 1 N–H and O–H groups in total. The molecule has 0 radical (unpaired) electrons. The molecule has 0 aliphatic heterocycles. The maximum Gasteiger partial charge on any atom is 0.206 e. The largest absolute Gasteiger partial charge is 0.411 e. The summed E-state index contributed by atoms with van der Waals surface area (Å²) in [4.78, 5) is 11.8. The average molecular weight is 221 g/mol. The zero-order chi connectivity index (χ0) is 12.2. The monoisotopic (exact) mass is 221 g/mol. The van der Waals surface area contributed by atoms with Gasteiger partial charge in [-0.15, -0.1) is 0 Å². The summed E-state index contributed by atoms with van der Waals surface area (Å²) in [6.07, 6.45) is 4.93. The Morgan fingerprint density at radius 1 is 1.44 bits per heavy atom. The summed E-state index contributed by atoms with van der Waals surface area (Å²) >= 11 is 0. The molecular formula is C12H17N2O2+. The summed E-state index contributed by atoms with van der Waals surface area (Å²) in [5, 5.41) is 11.3. The second kappa shape index (κ2) is 4.88. The molecule has 1 heterocycles. The lowest BCUT2D eigenvalue weighted by Crippen LogP contribution is -2.41. The van der Waals surface area contributed by atoms with E-state index in [1.807, 2.05) is 25.3 Å². The summed E-state index contributed by atoms with van der Waals surface area (Å²) in [5.41, 5.74) is 0.472. The first kappa shape index (κ1) is 12.4. The van der Waals surface area contributed by atoms with Crippen molar-refractivity contribution in [2.75, 3.05) is 0 Å². The van der Waals surface area contributed by atoms with Crippen molar-refractivity contribution in [1.29, 1.82) is 0 Å². The first-order chi connectivity index (χ1) is 7.43. The number of aromatic nitrogens is 1. The van der Waals surface area contributed by atoms with Crippen LogP contribution in [0.1, 0.15) is 26.3 Å². The van der Waals surface area contributed by atoms with Gasteiger partial charge in [-0.05, 0) is 0 Å². The lowest BCUT2D eigenvalue weighted by Gasteiger charge is -2.13. The minimum atomic E-state index is -0.321. The maximum atomic E-state index is 11.8. The minimum absolute atomic E-state index is 0.182. The summed E-state index contributed by atoms with van der Waals surface area (Å²) < 4.78 is 1.81. The van der Waals surface area contributed by atoms with Gasteiger partial charge in [-0.2, -0.15) is 4.57 Å². The third kappa shape index (κ3) is 3.46. The fraction of sp³-hybridized carbons (Fsp3) is 0.417. The molecular weight excluding hydrogens is 204 g/mol. The molecule has 1 aromatic rings. The van der Waals surface area contributed by atoms with Crippen molar-refractivity contribution < 1.29 is 14.6 Å². The van der Waals surface area contributed by atoms with Crippen molar-refractivity contribution in [3.05, 3.63) is 30.1 Å². The molecule has 0 atom stereocenters. The third-order valence-corrected chi connectivity index (χ3v) is 2.29. The van der Waals surface area contributed by atoms with Crippen LogP contribution in [0.4, 0.5) is 0 Å². The molecule has 0 aliphatic carbocycles. The van der Waals surface area contributed by atoms with Crippen molar-refractivity contribution in [3.8, 4) is 0 Å². The van der Waals surface area contributed by atoms with Crippen LogP contribution in [0.25, 0.3) is 0 Å². The van der Waals surface area contributed by atoms with E-state index in [4.69, 9.17) is 5.21 Å². The molecule has 0 spiro atoms. The van der Waals surface area contributed by atoms with Gasteiger partial charge in [0.15, 0.2) is 12.4 Å². The van der Waals surface area contributed by atoms with E-state index in [0.717, 1.165) is 5.56 Å². The van der Waals surface area contributed by atoms with Crippen LogP contribution in [-0.2, 0) is 11.3 Å². The molecule has 16 heavy (non-hydrogen) atoms. The van der Waals surface area contributed by atoms with Gasteiger partial charge >= 0.3 is 0 Å². The normalized spacial score (nSPS) is 11.9. The summed E-state index contributed by atoms with van der Waals surface area (Å²) in [7, 11) is 0. The van der Waals surface area contributed by atoms with E-state index in [0.29, 0.717) is 6.54 Å². The molecule has 4 heteroatoms. The van der Waals surface area contributed by atoms with E-state index < -0.39 is 0 Å². The topological polar surface area (TPSA) is 53.5 Å². The molecule has 0 fully saturated rings. The lowest BCUT2D eigenvalue weighted by molar-refractivity contribution is -0.684. The van der Waals surface area contributed by atoms with Gasteiger partial charge in [-0.25, -0.2) is 0 Å². The second-order valence-electron chi connectivity index (χ2n) is 4.72. The van der Waals surface area contributed by atoms with Gasteiger partial charge in [0.1, 0.15) is 0 Å². The number of carbonyl (C=O) groups excluding carboxylic acids is 1. The smallest absolute Gasteiger partial charge is 0.206 e. The number of pyridine rings is 1. The summed E-state index contributed by atoms with van der Waals surface area (Å²) in [5.74, 6) is 0.182. The lowest BCUT2D eigenvalue weighted by atomic mass is 9.91. The summed E-state index contributed by atoms with van der Waals surface area (Å²) in [6.45, 7) is 6.08. The van der Waals surface area contributed by atoms with Gasteiger partial charge < -0.3 is 5.21 Å². The van der Waals surface area contributed by atoms with Gasteiger partial charge in [0, 0.05) is 23.1 Å². The van der Waals surface area contributed by atoms with Crippen molar-refractivity contribution in [2.45, 2.75) is 27.3 Å². The fourth-order valence-corrected chi connectivity index (χ4v) is 1.13. The Morgan fingerprint density at radius 3 is 2.44 bits per heavy atom. The highest BCUT2D eigenvalue weighted by Crippen LogP contribution is 2.13. The molecule has 0 aliphatic rings. The SMILES string of the molecule is CC(C)(C)C(=O)C[n+]1ccc(/C=N\O)cc1. The van der Waals surface area contributed by atoms with Crippen LogP contribution < -0.4 is 4.57 Å². The number of hydrogen-bond donors (Lipinski definition) is 1. The standard InChI is InChI=1S/C12H16N2O2/c1-12(2,3)11(15)9-14-6-4-10(5-7-14)8-13-16/h4-8H,9H2,1-3H3/p+1. The van der Waals surface area contributed by atoms with Crippen molar-refractivity contribution in [3.63, 3.8) is 0 Å². The third-order valence-electron chi connectivity index (χ3n) is 2.29. The number of oxime groups is 1. The van der Waals surface area contributed by atoms with Gasteiger partial charge in [0.05, 0.1) is 6.21 Å². The van der Waals surface area contributed by atoms with Gasteiger partial charge in [0.25, 0.3) is 0 Å². The molecule has 0 aromatic carbocycles.